The summed E-state index contributed by atoms with van der Waals surface area (Å²) in [5, 5.41) is 28.4. The zero-order valence-electron chi connectivity index (χ0n) is 21.2. The lowest BCUT2D eigenvalue weighted by Crippen LogP contribution is -1.99. The van der Waals surface area contributed by atoms with E-state index in [2.05, 4.69) is 20.5 Å². The minimum Gasteiger partial charge on any atom is -0.505 e. The van der Waals surface area contributed by atoms with Crippen LogP contribution in [0.5, 0.6) is 5.75 Å². The molecule has 5 rings (SSSR count). The Hall–Kier alpha value is -4.76. The molecule has 5 aromatic carbocycles. The highest BCUT2D eigenvalue weighted by atomic mass is 32.2. The predicted molar refractivity (Wildman–Crippen MR) is 153 cm³/mol. The number of phenolic OH excluding ortho intramolecular Hbond substituents is 1. The number of nitrogens with two attached hydrogens (primary N) is 1. The molecule has 41 heavy (non-hydrogen) atoms. The van der Waals surface area contributed by atoms with Crippen molar-refractivity contribution in [1.29, 1.82) is 0 Å². The molecule has 0 fully saturated rings. The molecular formula is C27H21N5O7S2. The molecule has 0 aliphatic carbocycles. The highest BCUT2D eigenvalue weighted by Gasteiger charge is 2.22. The van der Waals surface area contributed by atoms with E-state index < -0.39 is 41.5 Å². The molecule has 12 nitrogen and oxygen atoms in total. The highest BCUT2D eigenvalue weighted by molar-refractivity contribution is 7.86. The molecule has 0 saturated carbocycles. The summed E-state index contributed by atoms with van der Waals surface area (Å²) in [6, 6.07) is 19.5. The number of nitrogen functional groups attached to an aromatic ring is 1. The van der Waals surface area contributed by atoms with Crippen molar-refractivity contribution in [2.24, 2.45) is 20.5 Å². The van der Waals surface area contributed by atoms with E-state index in [4.69, 9.17) is 5.73 Å². The summed E-state index contributed by atoms with van der Waals surface area (Å²) in [7, 11) is -9.47. The average molecular weight is 592 g/mol. The number of fused-ring (bicyclic) bond motifs is 2. The number of hydrogen-bond acceptors (Lipinski definition) is 10. The molecule has 0 amide bonds. The van der Waals surface area contributed by atoms with E-state index in [0.717, 1.165) is 17.7 Å². The van der Waals surface area contributed by atoms with E-state index in [-0.39, 0.29) is 21.8 Å². The normalized spacial score (nSPS) is 12.7. The Morgan fingerprint density at radius 3 is 1.98 bits per heavy atom. The van der Waals surface area contributed by atoms with Crippen LogP contribution in [0.15, 0.2) is 109 Å². The second-order valence-electron chi connectivity index (χ2n) is 9.00. The summed E-state index contributed by atoms with van der Waals surface area (Å²) in [4.78, 5) is -1.15. The summed E-state index contributed by atoms with van der Waals surface area (Å²) in [5.74, 6) is -0.578. The number of nitrogens with zero attached hydrogens (tertiary/aromatic N) is 4. The maximum absolute atomic E-state index is 12.2. The Labute approximate surface area is 234 Å². The van der Waals surface area contributed by atoms with Gasteiger partial charge in [-0.3, -0.25) is 9.11 Å². The Morgan fingerprint density at radius 1 is 0.659 bits per heavy atom. The Morgan fingerprint density at radius 2 is 1.29 bits per heavy atom. The number of rotatable bonds is 6. The minimum absolute atomic E-state index is 0.0402. The van der Waals surface area contributed by atoms with Gasteiger partial charge in [0.15, 0.2) is 5.75 Å². The fourth-order valence-electron chi connectivity index (χ4n) is 4.18. The summed E-state index contributed by atoms with van der Waals surface area (Å²) < 4.78 is 67.5. The molecule has 0 unspecified atom stereocenters. The number of hydrogen-bond donors (Lipinski definition) is 4. The van der Waals surface area contributed by atoms with E-state index in [9.17, 15) is 31.0 Å². The Bertz CT molecular complexity index is 2150. The first kappa shape index (κ1) is 27.8. The second kappa shape index (κ2) is 10.3. The zero-order valence-corrected chi connectivity index (χ0v) is 22.8. The molecule has 0 aromatic heterocycles. The molecule has 0 bridgehead atoms. The van der Waals surface area contributed by atoms with Gasteiger partial charge in [-0.15, -0.1) is 15.3 Å². The van der Waals surface area contributed by atoms with Crippen molar-refractivity contribution in [3.63, 3.8) is 0 Å². The van der Waals surface area contributed by atoms with Gasteiger partial charge in [-0.05, 0) is 72.5 Å². The molecule has 0 radical (unpaired) electrons. The van der Waals surface area contributed by atoms with E-state index in [0.29, 0.717) is 22.4 Å². The topological polar surface area (TPSA) is 204 Å². The quantitative estimate of drug-likeness (QED) is 0.0924. The van der Waals surface area contributed by atoms with Gasteiger partial charge in [0.1, 0.15) is 10.6 Å². The van der Waals surface area contributed by atoms with Crippen LogP contribution in [0.4, 0.5) is 28.4 Å². The van der Waals surface area contributed by atoms with Crippen LogP contribution in [0.2, 0.25) is 0 Å². The van der Waals surface area contributed by atoms with E-state index in [1.807, 2.05) is 19.1 Å². The number of azo groups is 2. The number of anilines is 1. The van der Waals surface area contributed by atoms with Crippen molar-refractivity contribution in [3.8, 4) is 5.75 Å². The number of aryl methyl sites for hydroxylation is 1. The molecule has 0 atom stereocenters. The molecule has 208 valence electrons. The maximum atomic E-state index is 12.2. The van der Waals surface area contributed by atoms with Gasteiger partial charge in [0, 0.05) is 21.8 Å². The standard InChI is InChI=1S/C27H21N5O7S2/c1-15-4-2-3-5-22(15)29-30-23-10-11-24(21-14-18(40(34,35)36)7-9-20(21)23)31-32-26-25(41(37,38)39)13-16-12-17(28)6-8-19(16)27(26)33/h2-14,33H,28H2,1H3,(H,34,35,36)(H,37,38,39). The first-order valence-electron chi connectivity index (χ1n) is 11.8. The number of aromatic hydroxyl groups is 1. The predicted octanol–water partition coefficient (Wildman–Crippen LogP) is 6.91. The van der Waals surface area contributed by atoms with Crippen LogP contribution in [0.1, 0.15) is 5.56 Å². The van der Waals surface area contributed by atoms with Crippen LogP contribution >= 0.6 is 0 Å². The number of benzene rings is 5. The molecule has 0 saturated heterocycles. The van der Waals surface area contributed by atoms with E-state index in [1.165, 1.54) is 42.5 Å². The van der Waals surface area contributed by atoms with E-state index in [1.54, 1.807) is 12.1 Å². The Kier molecular flexibility index (Phi) is 7.00. The molecular weight excluding hydrogens is 570 g/mol. The van der Waals surface area contributed by atoms with Gasteiger partial charge in [-0.1, -0.05) is 24.3 Å². The summed E-state index contributed by atoms with van der Waals surface area (Å²) in [5.41, 5.74) is 7.39. The first-order chi connectivity index (χ1) is 19.3. The van der Waals surface area contributed by atoms with Gasteiger partial charge < -0.3 is 10.8 Å². The van der Waals surface area contributed by atoms with Crippen molar-refractivity contribution in [2.75, 3.05) is 5.73 Å². The fourth-order valence-corrected chi connectivity index (χ4v) is 5.35. The first-order valence-corrected chi connectivity index (χ1v) is 14.7. The van der Waals surface area contributed by atoms with Gasteiger partial charge in [-0.2, -0.15) is 21.9 Å². The molecule has 0 spiro atoms. The van der Waals surface area contributed by atoms with Crippen molar-refractivity contribution >= 4 is 70.2 Å². The van der Waals surface area contributed by atoms with Crippen molar-refractivity contribution < 1.29 is 31.0 Å². The van der Waals surface area contributed by atoms with Crippen LogP contribution in [0.25, 0.3) is 21.5 Å². The van der Waals surface area contributed by atoms with Crippen LogP contribution in [-0.2, 0) is 20.2 Å². The second-order valence-corrected chi connectivity index (χ2v) is 11.8. The van der Waals surface area contributed by atoms with Gasteiger partial charge in [-0.25, -0.2) is 0 Å². The summed E-state index contributed by atoms with van der Waals surface area (Å²) in [6.45, 7) is 1.87. The van der Waals surface area contributed by atoms with Crippen molar-refractivity contribution in [1.82, 2.24) is 0 Å². The smallest absolute Gasteiger partial charge is 0.296 e. The van der Waals surface area contributed by atoms with E-state index >= 15 is 0 Å². The average Bonchev–Trinajstić information content (AvgIpc) is 2.91. The lowest BCUT2D eigenvalue weighted by molar-refractivity contribution is 0.472. The third-order valence-corrected chi connectivity index (χ3v) is 7.95. The maximum Gasteiger partial charge on any atom is 0.296 e. The van der Waals surface area contributed by atoms with Crippen molar-refractivity contribution in [3.05, 3.63) is 84.4 Å². The third-order valence-electron chi connectivity index (χ3n) is 6.23. The van der Waals surface area contributed by atoms with Crippen LogP contribution in [0, 0.1) is 6.92 Å². The third kappa shape index (κ3) is 5.62. The minimum atomic E-state index is -4.87. The van der Waals surface area contributed by atoms with Gasteiger partial charge in [0.25, 0.3) is 20.2 Å². The molecule has 0 aliphatic rings. The van der Waals surface area contributed by atoms with Crippen LogP contribution in [-0.4, -0.2) is 31.0 Å². The Balaban J connectivity index is 1.70. The molecule has 0 heterocycles. The molecule has 5 aromatic rings. The van der Waals surface area contributed by atoms with Gasteiger partial charge in [0.2, 0.25) is 0 Å². The SMILES string of the molecule is Cc1ccccc1N=Nc1ccc(N=Nc2c(S(=O)(=O)O)cc3cc(N)ccc3c2O)c2cc(S(=O)(=O)O)ccc12. The monoisotopic (exact) mass is 591 g/mol. The number of phenols is 1. The van der Waals surface area contributed by atoms with Gasteiger partial charge in [0.05, 0.1) is 22.0 Å². The molecule has 5 N–H and O–H groups in total. The lowest BCUT2D eigenvalue weighted by atomic mass is 10.1. The van der Waals surface area contributed by atoms with Crippen molar-refractivity contribution in [2.45, 2.75) is 16.7 Å². The summed E-state index contributed by atoms with van der Waals surface area (Å²) in [6.07, 6.45) is 0. The van der Waals surface area contributed by atoms with Gasteiger partial charge >= 0.3 is 0 Å². The van der Waals surface area contributed by atoms with Crippen LogP contribution < -0.4 is 5.73 Å². The molecule has 0 aliphatic heterocycles. The zero-order chi connectivity index (χ0) is 29.5. The summed E-state index contributed by atoms with van der Waals surface area (Å²) >= 11 is 0. The highest BCUT2D eigenvalue weighted by Crippen LogP contribution is 2.43. The van der Waals surface area contributed by atoms with Crippen LogP contribution in [0.3, 0.4) is 0 Å². The fraction of sp³-hybridized carbons (Fsp3) is 0.0370. The molecule has 14 heteroatoms. The largest absolute Gasteiger partial charge is 0.505 e. The lowest BCUT2D eigenvalue weighted by Gasteiger charge is -2.10.